The summed E-state index contributed by atoms with van der Waals surface area (Å²) in [6.07, 6.45) is 0. The molecule has 4 N–H and O–H groups in total. The normalized spacial score (nSPS) is 10.7. The van der Waals surface area contributed by atoms with Gasteiger partial charge in [0.25, 0.3) is 11.8 Å². The summed E-state index contributed by atoms with van der Waals surface area (Å²) in [4.78, 5) is 28.3. The summed E-state index contributed by atoms with van der Waals surface area (Å²) in [5.74, 6) is -0.236. The monoisotopic (exact) mass is 366 g/mol. The Bertz CT molecular complexity index is 745. The third-order valence-corrected chi connectivity index (χ3v) is 4.29. The van der Waals surface area contributed by atoms with Gasteiger partial charge in [0.05, 0.1) is 10.6 Å². The molecule has 0 aliphatic heterocycles. The van der Waals surface area contributed by atoms with Crippen molar-refractivity contribution in [3.05, 3.63) is 44.9 Å². The van der Waals surface area contributed by atoms with Crippen LogP contribution in [0.4, 0.5) is 5.69 Å². The van der Waals surface area contributed by atoms with Crippen LogP contribution in [0.3, 0.4) is 0 Å². The number of nitrogens with zero attached hydrogens (tertiary/aromatic N) is 1. The summed E-state index contributed by atoms with van der Waals surface area (Å²) in [6.45, 7) is 4.88. The Morgan fingerprint density at radius 3 is 2.67 bits per heavy atom. The number of amides is 2. The summed E-state index contributed by atoms with van der Waals surface area (Å²) in [6, 6.07) is 4.75. The highest BCUT2D eigenvalue weighted by Crippen LogP contribution is 2.22. The van der Waals surface area contributed by atoms with E-state index in [0.29, 0.717) is 41.0 Å². The molecule has 1 aromatic heterocycles. The molecule has 2 rings (SSSR count). The molecule has 8 heteroatoms. The maximum atomic E-state index is 12.1. The molecule has 0 aliphatic carbocycles. The molecule has 24 heavy (non-hydrogen) atoms. The van der Waals surface area contributed by atoms with E-state index in [0.717, 1.165) is 0 Å². The number of hydrogen-bond acceptors (Lipinski definition) is 5. The minimum atomic E-state index is -0.348. The van der Waals surface area contributed by atoms with E-state index in [1.165, 1.54) is 11.3 Å². The fourth-order valence-electron chi connectivity index (χ4n) is 1.87. The summed E-state index contributed by atoms with van der Waals surface area (Å²) >= 11 is 7.48. The molecule has 0 aliphatic rings. The maximum Gasteiger partial charge on any atom is 0.275 e. The van der Waals surface area contributed by atoms with Crippen LogP contribution in [-0.4, -0.2) is 23.3 Å². The van der Waals surface area contributed by atoms with E-state index in [2.05, 4.69) is 15.6 Å². The second-order valence-electron chi connectivity index (χ2n) is 5.58. The first kappa shape index (κ1) is 18.4. The van der Waals surface area contributed by atoms with Gasteiger partial charge in [0.15, 0.2) is 0 Å². The number of anilines is 1. The highest BCUT2D eigenvalue weighted by Gasteiger charge is 2.14. The molecule has 1 heterocycles. The zero-order valence-corrected chi connectivity index (χ0v) is 15.0. The van der Waals surface area contributed by atoms with Crippen molar-refractivity contribution < 1.29 is 9.59 Å². The Morgan fingerprint density at radius 2 is 2.08 bits per heavy atom. The van der Waals surface area contributed by atoms with Crippen molar-refractivity contribution in [1.82, 2.24) is 10.3 Å². The van der Waals surface area contributed by atoms with Crippen molar-refractivity contribution in [3.8, 4) is 0 Å². The van der Waals surface area contributed by atoms with Crippen LogP contribution in [0.15, 0.2) is 23.6 Å². The zero-order chi connectivity index (χ0) is 17.7. The van der Waals surface area contributed by atoms with Crippen molar-refractivity contribution in [2.75, 3.05) is 11.9 Å². The van der Waals surface area contributed by atoms with Crippen LogP contribution in [0.25, 0.3) is 0 Å². The Kier molecular flexibility index (Phi) is 6.30. The number of carbonyl (C=O) groups excluding carboxylic acids is 2. The molecule has 0 atom stereocenters. The smallest absolute Gasteiger partial charge is 0.275 e. The van der Waals surface area contributed by atoms with Crippen LogP contribution in [-0.2, 0) is 6.54 Å². The van der Waals surface area contributed by atoms with Gasteiger partial charge in [0.1, 0.15) is 10.7 Å². The lowest BCUT2D eigenvalue weighted by Crippen LogP contribution is -2.27. The molecular weight excluding hydrogens is 348 g/mol. The lowest BCUT2D eigenvalue weighted by molar-refractivity contribution is 0.0948. The SMILES string of the molecule is CC(C)CNC(=O)c1ccc(NC(=O)c2csc(CN)n2)cc1Cl. The van der Waals surface area contributed by atoms with Gasteiger partial charge in [-0.25, -0.2) is 4.98 Å². The van der Waals surface area contributed by atoms with Gasteiger partial charge >= 0.3 is 0 Å². The molecule has 1 aromatic carbocycles. The topological polar surface area (TPSA) is 97.1 Å². The van der Waals surface area contributed by atoms with Gasteiger partial charge < -0.3 is 16.4 Å². The number of halogens is 1. The first-order valence-electron chi connectivity index (χ1n) is 7.44. The Labute approximate surface area is 149 Å². The fourth-order valence-corrected chi connectivity index (χ4v) is 2.79. The van der Waals surface area contributed by atoms with E-state index < -0.39 is 0 Å². The average molecular weight is 367 g/mol. The van der Waals surface area contributed by atoms with Gasteiger partial charge in [0, 0.05) is 24.2 Å². The highest BCUT2D eigenvalue weighted by molar-refractivity contribution is 7.09. The van der Waals surface area contributed by atoms with Crippen molar-refractivity contribution >= 4 is 40.4 Å². The van der Waals surface area contributed by atoms with E-state index in [1.54, 1.807) is 23.6 Å². The first-order chi connectivity index (χ1) is 11.4. The third-order valence-electron chi connectivity index (χ3n) is 3.10. The lowest BCUT2D eigenvalue weighted by Gasteiger charge is -2.10. The summed E-state index contributed by atoms with van der Waals surface area (Å²) in [5.41, 5.74) is 6.65. The van der Waals surface area contributed by atoms with Crippen molar-refractivity contribution in [1.29, 1.82) is 0 Å². The zero-order valence-electron chi connectivity index (χ0n) is 13.4. The fraction of sp³-hybridized carbons (Fsp3) is 0.312. The Hall–Kier alpha value is -1.96. The largest absolute Gasteiger partial charge is 0.352 e. The standard InChI is InChI=1S/C16H19ClN4O2S/c1-9(2)7-19-15(22)11-4-3-10(5-12(11)17)20-16(23)13-8-24-14(6-18)21-13/h3-5,8-9H,6-7,18H2,1-2H3,(H,19,22)(H,20,23). The average Bonchev–Trinajstić information content (AvgIpc) is 3.02. The maximum absolute atomic E-state index is 12.1. The number of carbonyl (C=O) groups is 2. The predicted molar refractivity (Wildman–Crippen MR) is 96.6 cm³/mol. The lowest BCUT2D eigenvalue weighted by atomic mass is 10.1. The first-order valence-corrected chi connectivity index (χ1v) is 8.70. The van der Waals surface area contributed by atoms with Crippen molar-refractivity contribution in [3.63, 3.8) is 0 Å². The molecule has 2 amide bonds. The molecule has 128 valence electrons. The van der Waals surface area contributed by atoms with E-state index in [9.17, 15) is 9.59 Å². The molecule has 0 bridgehead atoms. The summed E-state index contributed by atoms with van der Waals surface area (Å²) < 4.78 is 0. The van der Waals surface area contributed by atoms with Gasteiger partial charge in [0.2, 0.25) is 0 Å². The molecule has 6 nitrogen and oxygen atoms in total. The molecule has 0 unspecified atom stereocenters. The second-order valence-corrected chi connectivity index (χ2v) is 6.93. The number of aromatic nitrogens is 1. The van der Waals surface area contributed by atoms with Gasteiger partial charge in [-0.1, -0.05) is 25.4 Å². The van der Waals surface area contributed by atoms with E-state index in [1.807, 2.05) is 13.8 Å². The number of thiazole rings is 1. The minimum absolute atomic E-state index is 0.237. The van der Waals surface area contributed by atoms with Crippen LogP contribution < -0.4 is 16.4 Å². The van der Waals surface area contributed by atoms with E-state index >= 15 is 0 Å². The van der Waals surface area contributed by atoms with Crippen LogP contribution >= 0.6 is 22.9 Å². The Morgan fingerprint density at radius 1 is 1.33 bits per heavy atom. The molecule has 0 spiro atoms. The molecule has 2 aromatic rings. The van der Waals surface area contributed by atoms with Crippen LogP contribution in [0.2, 0.25) is 5.02 Å². The second kappa shape index (κ2) is 8.23. The van der Waals surface area contributed by atoms with Crippen LogP contribution in [0, 0.1) is 5.92 Å². The van der Waals surface area contributed by atoms with Gasteiger partial charge in [-0.15, -0.1) is 11.3 Å². The highest BCUT2D eigenvalue weighted by atomic mass is 35.5. The molecule has 0 saturated carbocycles. The molecule has 0 radical (unpaired) electrons. The summed E-state index contributed by atoms with van der Waals surface area (Å²) in [5, 5.41) is 8.11. The summed E-state index contributed by atoms with van der Waals surface area (Å²) in [7, 11) is 0. The number of nitrogens with one attached hydrogen (secondary N) is 2. The van der Waals surface area contributed by atoms with Gasteiger partial charge in [-0.3, -0.25) is 9.59 Å². The van der Waals surface area contributed by atoms with Gasteiger partial charge in [-0.05, 0) is 24.1 Å². The number of hydrogen-bond donors (Lipinski definition) is 3. The van der Waals surface area contributed by atoms with E-state index in [-0.39, 0.29) is 16.8 Å². The molecular formula is C16H19ClN4O2S. The number of benzene rings is 1. The van der Waals surface area contributed by atoms with Crippen LogP contribution in [0.5, 0.6) is 0 Å². The minimum Gasteiger partial charge on any atom is -0.352 e. The number of rotatable bonds is 6. The predicted octanol–water partition coefficient (Wildman–Crippen LogP) is 2.89. The van der Waals surface area contributed by atoms with Crippen molar-refractivity contribution in [2.24, 2.45) is 11.7 Å². The molecule has 0 saturated heterocycles. The van der Waals surface area contributed by atoms with Crippen molar-refractivity contribution in [2.45, 2.75) is 20.4 Å². The quantitative estimate of drug-likeness (QED) is 0.732. The Balaban J connectivity index is 2.06. The van der Waals surface area contributed by atoms with Crippen LogP contribution in [0.1, 0.15) is 39.7 Å². The number of nitrogens with two attached hydrogens (primary N) is 1. The van der Waals surface area contributed by atoms with Gasteiger partial charge in [-0.2, -0.15) is 0 Å². The third kappa shape index (κ3) is 4.77. The molecule has 0 fully saturated rings. The van der Waals surface area contributed by atoms with E-state index in [4.69, 9.17) is 17.3 Å².